The second kappa shape index (κ2) is 15.3. The predicted molar refractivity (Wildman–Crippen MR) is 286 cm³/mol. The number of para-hydroxylation sites is 1. The van der Waals surface area contributed by atoms with Gasteiger partial charge in [0.05, 0.1) is 11.2 Å². The molecule has 1 heteroatoms. The first-order valence-electron chi connectivity index (χ1n) is 24.1. The fourth-order valence-electron chi connectivity index (χ4n) is 12.2. The zero-order chi connectivity index (χ0) is 45.7. The van der Waals surface area contributed by atoms with Gasteiger partial charge in [0.25, 0.3) is 0 Å². The Morgan fingerprint density at radius 3 is 1.35 bits per heavy atom. The molecule has 0 saturated carbocycles. The summed E-state index contributed by atoms with van der Waals surface area (Å²) >= 11 is 0. The molecule has 0 radical (unpaired) electrons. The van der Waals surface area contributed by atoms with Gasteiger partial charge in [0, 0.05) is 38.8 Å². The van der Waals surface area contributed by atoms with E-state index in [2.05, 4.69) is 263 Å². The predicted octanol–water partition coefficient (Wildman–Crippen LogP) is 17.6. The van der Waals surface area contributed by atoms with Crippen LogP contribution in [0.4, 0.5) is 0 Å². The van der Waals surface area contributed by atoms with Crippen LogP contribution in [0, 0.1) is 0 Å². The molecule has 0 unspecified atom stereocenters. The number of nitrogens with zero attached hydrogens (tertiary/aromatic N) is 1. The van der Waals surface area contributed by atoms with Gasteiger partial charge in [-0.1, -0.05) is 240 Å². The van der Waals surface area contributed by atoms with E-state index in [4.69, 9.17) is 0 Å². The maximum absolute atomic E-state index is 2.52. The third-order valence-electron chi connectivity index (χ3n) is 15.5. The lowest BCUT2D eigenvalue weighted by atomic mass is 9.77. The number of aromatic nitrogens is 1. The van der Waals surface area contributed by atoms with Crippen LogP contribution in [0.25, 0.3) is 83.1 Å². The topological polar surface area (TPSA) is 4.93 Å². The number of hydrogen-bond donors (Lipinski definition) is 0. The minimum absolute atomic E-state index is 0.0240. The molecule has 10 aromatic carbocycles. The quantitative estimate of drug-likeness (QED) is 0.141. The van der Waals surface area contributed by atoms with Crippen LogP contribution < -0.4 is 0 Å². The van der Waals surface area contributed by atoms with Gasteiger partial charge < -0.3 is 4.57 Å². The normalized spacial score (nSPS) is 14.0. The van der Waals surface area contributed by atoms with Crippen molar-refractivity contribution >= 4 is 21.7 Å². The summed E-state index contributed by atoms with van der Waals surface area (Å²) in [5, 5.41) is 3.70. The second-order valence-electron chi connectivity index (χ2n) is 20.0. The lowest BCUT2D eigenvalue weighted by molar-refractivity contribution is 0.657. The lowest BCUT2D eigenvalue weighted by Gasteiger charge is -2.26. The standard InChI is InChI=1S/C67H51N/c1-66(2)58-30-18-16-27-51(58)53-38-36-47(40-60(53)66)62(48-37-39-54-52-28-17-19-31-59(52)67(3,4)61(54)41-48)45-34-32-43(33-35-45)56-42-57-63(44-20-8-5-9-21-44)64(46-22-10-6-11-23-46)68(49-24-12-7-13-25-49)65(57)55-29-15-14-26-50(55)56/h5-42,62H,1-4H3. The summed E-state index contributed by atoms with van der Waals surface area (Å²) in [4.78, 5) is 0. The highest BCUT2D eigenvalue weighted by Gasteiger charge is 2.38. The van der Waals surface area contributed by atoms with Crippen LogP contribution in [0.2, 0.25) is 0 Å². The van der Waals surface area contributed by atoms with E-state index in [1.54, 1.807) is 0 Å². The van der Waals surface area contributed by atoms with Gasteiger partial charge in [0.2, 0.25) is 0 Å². The van der Waals surface area contributed by atoms with Crippen molar-refractivity contribution in [2.45, 2.75) is 44.4 Å². The molecular formula is C67H51N. The Balaban J connectivity index is 1.02. The van der Waals surface area contributed by atoms with Crippen LogP contribution in [-0.2, 0) is 10.8 Å². The summed E-state index contributed by atoms with van der Waals surface area (Å²) in [7, 11) is 0. The zero-order valence-corrected chi connectivity index (χ0v) is 39.0. The number of fused-ring (bicyclic) bond motifs is 9. The monoisotopic (exact) mass is 869 g/mol. The maximum atomic E-state index is 2.52. The third kappa shape index (κ3) is 6.01. The van der Waals surface area contributed by atoms with Gasteiger partial charge >= 0.3 is 0 Å². The molecule has 2 aliphatic carbocycles. The van der Waals surface area contributed by atoms with Crippen LogP contribution in [0.1, 0.15) is 72.6 Å². The zero-order valence-electron chi connectivity index (χ0n) is 39.0. The highest BCUT2D eigenvalue weighted by molar-refractivity contribution is 6.20. The lowest BCUT2D eigenvalue weighted by Crippen LogP contribution is -2.17. The van der Waals surface area contributed by atoms with Crippen molar-refractivity contribution in [3.63, 3.8) is 0 Å². The molecular weight excluding hydrogens is 819 g/mol. The number of rotatable bonds is 7. The SMILES string of the molecule is CC1(C)c2ccccc2-c2ccc(C(c3ccc(-c4cc5c(-c6ccccc6)c(-c6ccccc6)n(-c6ccccc6)c5c5ccccc45)cc3)c3ccc4c(c3)C(C)(C)c3ccccc3-4)cc21. The Labute approximate surface area is 399 Å². The van der Waals surface area contributed by atoms with E-state index in [1.807, 2.05) is 0 Å². The molecule has 2 aliphatic rings. The average molecular weight is 870 g/mol. The Morgan fingerprint density at radius 2 is 0.779 bits per heavy atom. The molecule has 13 rings (SSSR count). The number of benzene rings is 10. The average Bonchev–Trinajstić information content (AvgIpc) is 3.94. The van der Waals surface area contributed by atoms with Crippen molar-refractivity contribution in [1.29, 1.82) is 0 Å². The Kier molecular flexibility index (Phi) is 9.05. The first-order valence-corrected chi connectivity index (χ1v) is 24.1. The Morgan fingerprint density at radius 1 is 0.324 bits per heavy atom. The third-order valence-corrected chi connectivity index (χ3v) is 15.5. The molecule has 0 saturated heterocycles. The van der Waals surface area contributed by atoms with Crippen molar-refractivity contribution < 1.29 is 0 Å². The molecule has 1 nitrogen and oxygen atoms in total. The Bertz CT molecular complexity index is 3650. The minimum Gasteiger partial charge on any atom is -0.308 e. The van der Waals surface area contributed by atoms with Gasteiger partial charge in [-0.15, -0.1) is 0 Å². The first-order chi connectivity index (χ1) is 33.3. The van der Waals surface area contributed by atoms with Crippen molar-refractivity contribution in [3.05, 3.63) is 269 Å². The fourth-order valence-corrected chi connectivity index (χ4v) is 12.2. The number of hydrogen-bond acceptors (Lipinski definition) is 0. The van der Waals surface area contributed by atoms with Gasteiger partial charge in [0.15, 0.2) is 0 Å². The van der Waals surface area contributed by atoms with Crippen molar-refractivity contribution in [2.24, 2.45) is 0 Å². The van der Waals surface area contributed by atoms with Crippen LogP contribution in [0.15, 0.2) is 231 Å². The summed E-state index contributed by atoms with van der Waals surface area (Å²) in [6.07, 6.45) is 0. The molecule has 0 amide bonds. The van der Waals surface area contributed by atoms with E-state index in [-0.39, 0.29) is 16.7 Å². The van der Waals surface area contributed by atoms with Crippen molar-refractivity contribution in [1.82, 2.24) is 4.57 Å². The molecule has 0 atom stereocenters. The minimum atomic E-state index is -0.101. The largest absolute Gasteiger partial charge is 0.308 e. The molecule has 0 fully saturated rings. The molecule has 0 N–H and O–H groups in total. The summed E-state index contributed by atoms with van der Waals surface area (Å²) < 4.78 is 2.50. The molecule has 1 heterocycles. The molecule has 1 aromatic heterocycles. The van der Waals surface area contributed by atoms with Crippen molar-refractivity contribution in [3.8, 4) is 61.5 Å². The molecule has 11 aromatic rings. The van der Waals surface area contributed by atoms with Crippen LogP contribution in [-0.4, -0.2) is 4.57 Å². The van der Waals surface area contributed by atoms with E-state index in [0.717, 1.165) is 5.69 Å². The fraction of sp³-hybridized carbons (Fsp3) is 0.104. The maximum Gasteiger partial charge on any atom is 0.0620 e. The summed E-state index contributed by atoms with van der Waals surface area (Å²) in [5.74, 6) is 0.0240. The van der Waals surface area contributed by atoms with Gasteiger partial charge in [0.1, 0.15) is 0 Å². The molecule has 0 spiro atoms. The van der Waals surface area contributed by atoms with Gasteiger partial charge in [-0.3, -0.25) is 0 Å². The summed E-state index contributed by atoms with van der Waals surface area (Å²) in [6, 6.07) is 86.4. The van der Waals surface area contributed by atoms with Crippen LogP contribution in [0.3, 0.4) is 0 Å². The molecule has 324 valence electrons. The van der Waals surface area contributed by atoms with Gasteiger partial charge in [-0.2, -0.15) is 0 Å². The Hall–Kier alpha value is -8.00. The van der Waals surface area contributed by atoms with Crippen LogP contribution in [0.5, 0.6) is 0 Å². The molecule has 0 aliphatic heterocycles. The summed E-state index contributed by atoms with van der Waals surface area (Å²) in [5.41, 5.74) is 24.3. The smallest absolute Gasteiger partial charge is 0.0620 e. The highest BCUT2D eigenvalue weighted by Crippen LogP contribution is 2.53. The van der Waals surface area contributed by atoms with E-state index in [1.165, 1.54) is 116 Å². The van der Waals surface area contributed by atoms with E-state index < -0.39 is 0 Å². The van der Waals surface area contributed by atoms with Crippen molar-refractivity contribution in [2.75, 3.05) is 0 Å². The summed E-state index contributed by atoms with van der Waals surface area (Å²) in [6.45, 7) is 9.56. The van der Waals surface area contributed by atoms with E-state index in [0.29, 0.717) is 0 Å². The molecule has 68 heavy (non-hydrogen) atoms. The van der Waals surface area contributed by atoms with Gasteiger partial charge in [-0.25, -0.2) is 0 Å². The van der Waals surface area contributed by atoms with E-state index in [9.17, 15) is 0 Å². The molecule has 0 bridgehead atoms. The van der Waals surface area contributed by atoms with Gasteiger partial charge in [-0.05, 0) is 107 Å². The first kappa shape index (κ1) is 40.3. The van der Waals surface area contributed by atoms with E-state index >= 15 is 0 Å². The second-order valence-corrected chi connectivity index (χ2v) is 20.0. The van der Waals surface area contributed by atoms with Crippen LogP contribution >= 0.6 is 0 Å². The highest BCUT2D eigenvalue weighted by atomic mass is 15.0.